The standard InChI is InChI=1S/C75H135NO3/c1-3-5-7-9-11-13-15-17-19-21-23-25-27-29-31-32-33-34-35-36-37-38-39-40-41-42-43-44-45-47-49-51-53-55-57-59-61-63-65-67-69-71-75(79)76-73(72-77)74(78)70-68-66-64-62-60-58-56-54-52-50-48-46-30-28-26-24-22-20-18-16-14-12-10-8-6-4-2/h5,7,11,13,17,19,23,25,29,31,52,54,60,62,68,70,73-74,77-78H,3-4,6,8-10,12,14-16,18,20-22,24,26-28,30,32-51,53,55-59,61,63-67,69,71-72H2,1-2H3,(H,76,79)/b7-5-,13-11-,19-17-,25-23-,31-29-,54-52+,62-60+,70-68+. The smallest absolute Gasteiger partial charge is 0.220 e. The van der Waals surface area contributed by atoms with Crippen LogP contribution in [0.3, 0.4) is 0 Å². The number of hydrogen-bond donors (Lipinski definition) is 3. The molecule has 3 N–H and O–H groups in total. The number of hydrogen-bond acceptors (Lipinski definition) is 3. The van der Waals surface area contributed by atoms with Gasteiger partial charge in [0.2, 0.25) is 5.91 Å². The van der Waals surface area contributed by atoms with Crippen molar-refractivity contribution >= 4 is 5.91 Å². The van der Waals surface area contributed by atoms with Gasteiger partial charge in [-0.3, -0.25) is 4.79 Å². The molecule has 0 radical (unpaired) electrons. The monoisotopic (exact) mass is 1100 g/mol. The van der Waals surface area contributed by atoms with Crippen LogP contribution in [0.5, 0.6) is 0 Å². The molecular formula is C75H135NO3. The quantitative estimate of drug-likeness (QED) is 0.0420. The predicted octanol–water partition coefficient (Wildman–Crippen LogP) is 24.0. The number of carbonyl (C=O) groups is 1. The summed E-state index contributed by atoms with van der Waals surface area (Å²) in [5.41, 5.74) is 0. The fourth-order valence-corrected chi connectivity index (χ4v) is 10.5. The van der Waals surface area contributed by atoms with Crippen molar-refractivity contribution in [3.05, 3.63) is 97.2 Å². The molecule has 0 aromatic rings. The minimum absolute atomic E-state index is 0.0733. The Morgan fingerprint density at radius 3 is 0.886 bits per heavy atom. The Morgan fingerprint density at radius 2 is 0.570 bits per heavy atom. The molecule has 0 heterocycles. The van der Waals surface area contributed by atoms with E-state index in [1.165, 1.54) is 263 Å². The van der Waals surface area contributed by atoms with Gasteiger partial charge in [0.05, 0.1) is 18.8 Å². The number of allylic oxidation sites excluding steroid dienone is 15. The normalized spacial score (nSPS) is 13.3. The molecule has 0 bridgehead atoms. The van der Waals surface area contributed by atoms with Crippen LogP contribution in [0.25, 0.3) is 0 Å². The molecule has 0 aliphatic rings. The third kappa shape index (κ3) is 66.0. The van der Waals surface area contributed by atoms with E-state index in [1.54, 1.807) is 6.08 Å². The van der Waals surface area contributed by atoms with E-state index < -0.39 is 12.1 Å². The molecule has 0 saturated carbocycles. The van der Waals surface area contributed by atoms with Gasteiger partial charge in [-0.05, 0) is 89.9 Å². The lowest BCUT2D eigenvalue weighted by Gasteiger charge is -2.19. The van der Waals surface area contributed by atoms with Crippen molar-refractivity contribution in [2.75, 3.05) is 6.61 Å². The third-order valence-electron chi connectivity index (χ3n) is 15.8. The average molecular weight is 1100 g/mol. The van der Waals surface area contributed by atoms with Crippen LogP contribution in [0.2, 0.25) is 0 Å². The molecule has 0 aliphatic heterocycles. The van der Waals surface area contributed by atoms with Crippen LogP contribution in [0.4, 0.5) is 0 Å². The van der Waals surface area contributed by atoms with Gasteiger partial charge < -0.3 is 15.5 Å². The van der Waals surface area contributed by atoms with Crippen LogP contribution in [0.1, 0.15) is 354 Å². The molecule has 1 amide bonds. The van der Waals surface area contributed by atoms with Gasteiger partial charge in [-0.1, -0.05) is 355 Å². The second-order valence-electron chi connectivity index (χ2n) is 23.6. The first-order valence-corrected chi connectivity index (χ1v) is 35.0. The molecular weight excluding hydrogens is 963 g/mol. The fourth-order valence-electron chi connectivity index (χ4n) is 10.5. The number of carbonyl (C=O) groups excluding carboxylic acids is 1. The van der Waals surface area contributed by atoms with Crippen LogP contribution in [-0.4, -0.2) is 34.9 Å². The number of aliphatic hydroxyl groups is 2. The second-order valence-corrected chi connectivity index (χ2v) is 23.6. The van der Waals surface area contributed by atoms with Gasteiger partial charge >= 0.3 is 0 Å². The molecule has 4 nitrogen and oxygen atoms in total. The highest BCUT2D eigenvalue weighted by atomic mass is 16.3. The minimum Gasteiger partial charge on any atom is -0.394 e. The first-order valence-electron chi connectivity index (χ1n) is 35.0. The second kappa shape index (κ2) is 69.6. The summed E-state index contributed by atoms with van der Waals surface area (Å²) >= 11 is 0. The number of nitrogens with one attached hydrogen (secondary N) is 1. The average Bonchev–Trinajstić information content (AvgIpc) is 3.45. The summed E-state index contributed by atoms with van der Waals surface area (Å²) in [6.45, 7) is 4.21. The maximum Gasteiger partial charge on any atom is 0.220 e. The van der Waals surface area contributed by atoms with Crippen molar-refractivity contribution in [1.82, 2.24) is 5.32 Å². The molecule has 458 valence electrons. The van der Waals surface area contributed by atoms with Gasteiger partial charge in [-0.15, -0.1) is 0 Å². The number of amides is 1. The SMILES string of the molecule is CC/C=C\C/C=C\C/C=C\C/C=C\C/C=C\CCCCCCCCCCCCCCCCCCCCCCCCCCCC(=O)NC(CO)C(O)/C=C/CC/C=C/CC/C=C/CCCCCCCCCCCCCCCCCC. The Morgan fingerprint density at radius 1 is 0.316 bits per heavy atom. The highest BCUT2D eigenvalue weighted by Gasteiger charge is 2.18. The van der Waals surface area contributed by atoms with Crippen molar-refractivity contribution < 1.29 is 15.0 Å². The van der Waals surface area contributed by atoms with E-state index in [-0.39, 0.29) is 12.5 Å². The zero-order chi connectivity index (χ0) is 56.9. The molecule has 79 heavy (non-hydrogen) atoms. The van der Waals surface area contributed by atoms with Crippen LogP contribution in [0.15, 0.2) is 97.2 Å². The van der Waals surface area contributed by atoms with Gasteiger partial charge in [0, 0.05) is 6.42 Å². The Bertz CT molecular complexity index is 1430. The van der Waals surface area contributed by atoms with E-state index in [4.69, 9.17) is 0 Å². The third-order valence-corrected chi connectivity index (χ3v) is 15.8. The van der Waals surface area contributed by atoms with Gasteiger partial charge in [0.25, 0.3) is 0 Å². The summed E-state index contributed by atoms with van der Waals surface area (Å²) in [5, 5.41) is 23.2. The number of aliphatic hydroxyl groups excluding tert-OH is 2. The van der Waals surface area contributed by atoms with E-state index in [2.05, 4.69) is 104 Å². The molecule has 0 aromatic carbocycles. The van der Waals surface area contributed by atoms with Crippen molar-refractivity contribution in [3.63, 3.8) is 0 Å². The van der Waals surface area contributed by atoms with Crippen LogP contribution >= 0.6 is 0 Å². The molecule has 0 fully saturated rings. The molecule has 2 atom stereocenters. The first-order chi connectivity index (χ1) is 39.2. The van der Waals surface area contributed by atoms with E-state index in [0.29, 0.717) is 6.42 Å². The first kappa shape index (κ1) is 76.3. The van der Waals surface area contributed by atoms with Gasteiger partial charge in [-0.25, -0.2) is 0 Å². The van der Waals surface area contributed by atoms with Crippen molar-refractivity contribution in [3.8, 4) is 0 Å². The minimum atomic E-state index is -0.874. The van der Waals surface area contributed by atoms with E-state index in [0.717, 1.165) is 70.6 Å². The summed E-state index contributed by atoms with van der Waals surface area (Å²) < 4.78 is 0. The van der Waals surface area contributed by atoms with Gasteiger partial charge in [0.15, 0.2) is 0 Å². The van der Waals surface area contributed by atoms with E-state index in [1.807, 2.05) is 6.08 Å². The fraction of sp³-hybridized carbons (Fsp3) is 0.773. The van der Waals surface area contributed by atoms with E-state index in [9.17, 15) is 15.0 Å². The summed E-state index contributed by atoms with van der Waals surface area (Å²) in [4.78, 5) is 12.5. The van der Waals surface area contributed by atoms with Crippen LogP contribution in [-0.2, 0) is 4.79 Å². The molecule has 0 saturated heterocycles. The lowest BCUT2D eigenvalue weighted by molar-refractivity contribution is -0.123. The molecule has 4 heteroatoms. The lowest BCUT2D eigenvalue weighted by Crippen LogP contribution is -2.45. The largest absolute Gasteiger partial charge is 0.394 e. The summed E-state index contributed by atoms with van der Waals surface area (Å²) in [6, 6.07) is -0.649. The zero-order valence-electron chi connectivity index (χ0n) is 52.9. The lowest BCUT2D eigenvalue weighted by atomic mass is 10.0. The maximum atomic E-state index is 12.5. The molecule has 2 unspecified atom stereocenters. The molecule has 0 spiro atoms. The Balaban J connectivity index is 3.47. The zero-order valence-corrected chi connectivity index (χ0v) is 52.9. The molecule has 0 aliphatic carbocycles. The summed E-state index contributed by atoms with van der Waals surface area (Å²) in [6.07, 6.45) is 104. The van der Waals surface area contributed by atoms with Crippen LogP contribution in [0, 0.1) is 0 Å². The summed E-state index contributed by atoms with van der Waals surface area (Å²) in [7, 11) is 0. The number of rotatable bonds is 64. The van der Waals surface area contributed by atoms with Crippen molar-refractivity contribution in [2.24, 2.45) is 0 Å². The maximum absolute atomic E-state index is 12.5. The van der Waals surface area contributed by atoms with Crippen LogP contribution < -0.4 is 5.32 Å². The Kier molecular flexibility index (Phi) is 67.2. The highest BCUT2D eigenvalue weighted by molar-refractivity contribution is 5.76. The van der Waals surface area contributed by atoms with Gasteiger partial charge in [0.1, 0.15) is 0 Å². The topological polar surface area (TPSA) is 69.6 Å². The number of unbranched alkanes of at least 4 members (excludes halogenated alkanes) is 43. The van der Waals surface area contributed by atoms with Crippen molar-refractivity contribution in [2.45, 2.75) is 366 Å². The predicted molar refractivity (Wildman–Crippen MR) is 354 cm³/mol. The van der Waals surface area contributed by atoms with E-state index >= 15 is 0 Å². The molecule has 0 aromatic heterocycles. The highest BCUT2D eigenvalue weighted by Crippen LogP contribution is 2.18. The van der Waals surface area contributed by atoms with Crippen molar-refractivity contribution in [1.29, 1.82) is 0 Å². The summed E-state index contributed by atoms with van der Waals surface area (Å²) in [5.74, 6) is -0.0733. The Labute approximate surface area is 494 Å². The molecule has 0 rings (SSSR count). The Hall–Kier alpha value is -2.69. The van der Waals surface area contributed by atoms with Gasteiger partial charge in [-0.2, -0.15) is 0 Å².